The molecule has 2 aromatic rings. The first kappa shape index (κ1) is 20.0. The summed E-state index contributed by atoms with van der Waals surface area (Å²) in [4.78, 5) is 13.9. The van der Waals surface area contributed by atoms with Gasteiger partial charge in [0.05, 0.1) is 6.54 Å². The van der Waals surface area contributed by atoms with Gasteiger partial charge in [-0.25, -0.2) is 0 Å². The van der Waals surface area contributed by atoms with Gasteiger partial charge in [-0.05, 0) is 24.6 Å². The molecule has 5 heteroatoms. The van der Waals surface area contributed by atoms with Crippen LogP contribution in [0.3, 0.4) is 0 Å². The number of benzene rings is 2. The summed E-state index contributed by atoms with van der Waals surface area (Å²) in [5.41, 5.74) is 8.26. The van der Waals surface area contributed by atoms with E-state index in [4.69, 9.17) is 10.5 Å². The Morgan fingerprint density at radius 1 is 1.12 bits per heavy atom. The van der Waals surface area contributed by atoms with Gasteiger partial charge in [0.2, 0.25) is 5.91 Å². The van der Waals surface area contributed by atoms with Crippen LogP contribution in [0.4, 0.5) is 0 Å². The quantitative estimate of drug-likeness (QED) is 0.834. The number of halogens is 1. The van der Waals surface area contributed by atoms with Crippen molar-refractivity contribution in [3.8, 4) is 5.75 Å². The number of ether oxygens (including phenoxy) is 1. The molecule has 2 rings (SSSR count). The lowest BCUT2D eigenvalue weighted by molar-refractivity contribution is -0.130. The number of likely N-dealkylation sites (N-methyl/N-ethyl adjacent to an activating group) is 1. The van der Waals surface area contributed by atoms with Crippen molar-refractivity contribution in [2.24, 2.45) is 5.73 Å². The van der Waals surface area contributed by atoms with Crippen LogP contribution in [0.5, 0.6) is 5.75 Å². The molecular formula is C19H25ClN2O2. The third-order valence-electron chi connectivity index (χ3n) is 3.76. The molecule has 24 heavy (non-hydrogen) atoms. The molecule has 4 nitrogen and oxygen atoms in total. The maximum absolute atomic E-state index is 12.2. The van der Waals surface area contributed by atoms with Crippen molar-refractivity contribution in [2.75, 3.05) is 20.2 Å². The van der Waals surface area contributed by atoms with Gasteiger partial charge >= 0.3 is 0 Å². The van der Waals surface area contributed by atoms with Crippen molar-refractivity contribution in [3.05, 3.63) is 65.7 Å². The normalized spacial score (nSPS) is 11.3. The monoisotopic (exact) mass is 348 g/mol. The molecule has 0 aliphatic heterocycles. The third-order valence-corrected chi connectivity index (χ3v) is 3.76. The highest BCUT2D eigenvalue weighted by atomic mass is 35.5. The van der Waals surface area contributed by atoms with Gasteiger partial charge in [-0.3, -0.25) is 4.79 Å². The van der Waals surface area contributed by atoms with Crippen LogP contribution in [0.25, 0.3) is 0 Å². The zero-order valence-electron chi connectivity index (χ0n) is 14.1. The minimum atomic E-state index is -0.274. The van der Waals surface area contributed by atoms with Crippen molar-refractivity contribution in [2.45, 2.75) is 19.4 Å². The van der Waals surface area contributed by atoms with Gasteiger partial charge in [0.15, 0.2) is 0 Å². The lowest BCUT2D eigenvalue weighted by Crippen LogP contribution is -2.33. The molecule has 0 saturated carbocycles. The molecular weight excluding hydrogens is 324 g/mol. The first-order valence-electron chi connectivity index (χ1n) is 7.80. The molecule has 0 saturated heterocycles. The molecule has 0 aliphatic rings. The Labute approximate surface area is 150 Å². The molecule has 2 N–H and O–H groups in total. The average Bonchev–Trinajstić information content (AvgIpc) is 2.57. The second kappa shape index (κ2) is 9.96. The SMILES string of the molecule is Cc1ccc(OCCN(C)C(=O)CC(N)c2ccccc2)cc1.Cl. The molecule has 0 aliphatic carbocycles. The summed E-state index contributed by atoms with van der Waals surface area (Å²) >= 11 is 0. The Balaban J connectivity index is 0.00000288. The topological polar surface area (TPSA) is 55.6 Å². The van der Waals surface area contributed by atoms with Crippen LogP contribution in [0.2, 0.25) is 0 Å². The van der Waals surface area contributed by atoms with E-state index in [0.717, 1.165) is 11.3 Å². The van der Waals surface area contributed by atoms with Crippen LogP contribution < -0.4 is 10.5 Å². The van der Waals surface area contributed by atoms with E-state index in [9.17, 15) is 4.79 Å². The number of rotatable bonds is 7. The van der Waals surface area contributed by atoms with E-state index in [-0.39, 0.29) is 24.4 Å². The van der Waals surface area contributed by atoms with Crippen molar-refractivity contribution in [1.29, 1.82) is 0 Å². The third kappa shape index (κ3) is 6.22. The van der Waals surface area contributed by atoms with Crippen LogP contribution in [0, 0.1) is 6.92 Å². The van der Waals surface area contributed by atoms with Crippen molar-refractivity contribution < 1.29 is 9.53 Å². The number of nitrogens with two attached hydrogens (primary N) is 1. The van der Waals surface area contributed by atoms with E-state index in [1.807, 2.05) is 61.5 Å². The standard InChI is InChI=1S/C19H24N2O2.ClH/c1-15-8-10-17(11-9-15)23-13-12-21(2)19(22)14-18(20)16-6-4-3-5-7-16;/h3-11,18H,12-14,20H2,1-2H3;1H. The summed E-state index contributed by atoms with van der Waals surface area (Å²) in [6, 6.07) is 17.3. The molecule has 0 heterocycles. The maximum Gasteiger partial charge on any atom is 0.224 e. The number of carbonyl (C=O) groups is 1. The van der Waals surface area contributed by atoms with E-state index in [1.165, 1.54) is 5.56 Å². The summed E-state index contributed by atoms with van der Waals surface area (Å²) in [5, 5.41) is 0. The smallest absolute Gasteiger partial charge is 0.224 e. The number of carbonyl (C=O) groups excluding carboxylic acids is 1. The first-order valence-corrected chi connectivity index (χ1v) is 7.80. The Morgan fingerprint density at radius 2 is 1.75 bits per heavy atom. The lowest BCUT2D eigenvalue weighted by atomic mass is 10.0. The summed E-state index contributed by atoms with van der Waals surface area (Å²) in [6.07, 6.45) is 0.297. The Kier molecular flexibility index (Phi) is 8.30. The van der Waals surface area contributed by atoms with Gasteiger partial charge in [0.25, 0.3) is 0 Å². The van der Waals surface area contributed by atoms with Crippen LogP contribution in [0.1, 0.15) is 23.6 Å². The average molecular weight is 349 g/mol. The zero-order valence-corrected chi connectivity index (χ0v) is 15.0. The van der Waals surface area contributed by atoms with E-state index in [0.29, 0.717) is 19.6 Å². The molecule has 1 atom stereocenters. The lowest BCUT2D eigenvalue weighted by Gasteiger charge is -2.20. The summed E-state index contributed by atoms with van der Waals surface area (Å²) in [7, 11) is 1.78. The molecule has 2 aromatic carbocycles. The number of aryl methyl sites for hydroxylation is 1. The molecule has 1 unspecified atom stereocenters. The van der Waals surface area contributed by atoms with E-state index in [1.54, 1.807) is 11.9 Å². The van der Waals surface area contributed by atoms with Crippen LogP contribution in [-0.4, -0.2) is 31.0 Å². The van der Waals surface area contributed by atoms with Crippen LogP contribution >= 0.6 is 12.4 Å². The fourth-order valence-corrected chi connectivity index (χ4v) is 2.22. The van der Waals surface area contributed by atoms with Crippen molar-refractivity contribution in [3.63, 3.8) is 0 Å². The summed E-state index contributed by atoms with van der Waals surface area (Å²) < 4.78 is 5.65. The van der Waals surface area contributed by atoms with Crippen molar-refractivity contribution >= 4 is 18.3 Å². The number of hydrogen-bond donors (Lipinski definition) is 1. The fourth-order valence-electron chi connectivity index (χ4n) is 2.22. The minimum absolute atomic E-state index is 0. The largest absolute Gasteiger partial charge is 0.492 e. The van der Waals surface area contributed by atoms with E-state index >= 15 is 0 Å². The molecule has 0 radical (unpaired) electrons. The Morgan fingerprint density at radius 3 is 2.38 bits per heavy atom. The van der Waals surface area contributed by atoms with Gasteiger partial charge in [0, 0.05) is 19.5 Å². The van der Waals surface area contributed by atoms with E-state index < -0.39 is 0 Å². The van der Waals surface area contributed by atoms with Gasteiger partial charge in [-0.15, -0.1) is 12.4 Å². The van der Waals surface area contributed by atoms with Gasteiger partial charge < -0.3 is 15.4 Å². The van der Waals surface area contributed by atoms with Gasteiger partial charge in [-0.2, -0.15) is 0 Å². The number of amides is 1. The van der Waals surface area contributed by atoms with Gasteiger partial charge in [-0.1, -0.05) is 48.0 Å². The highest BCUT2D eigenvalue weighted by Gasteiger charge is 2.15. The Hall–Kier alpha value is -2.04. The second-order valence-electron chi connectivity index (χ2n) is 5.70. The predicted molar refractivity (Wildman–Crippen MR) is 99.5 cm³/mol. The van der Waals surface area contributed by atoms with Gasteiger partial charge in [0.1, 0.15) is 12.4 Å². The highest BCUT2D eigenvalue weighted by molar-refractivity contribution is 5.85. The van der Waals surface area contributed by atoms with E-state index in [2.05, 4.69) is 0 Å². The molecule has 1 amide bonds. The maximum atomic E-state index is 12.2. The molecule has 0 bridgehead atoms. The second-order valence-corrected chi connectivity index (χ2v) is 5.70. The number of nitrogens with zero attached hydrogens (tertiary/aromatic N) is 1. The number of hydrogen-bond acceptors (Lipinski definition) is 3. The molecule has 0 spiro atoms. The molecule has 130 valence electrons. The Bertz CT molecular complexity index is 617. The summed E-state index contributed by atoms with van der Waals surface area (Å²) in [5.74, 6) is 0.839. The minimum Gasteiger partial charge on any atom is -0.492 e. The molecule has 0 aromatic heterocycles. The first-order chi connectivity index (χ1) is 11.1. The molecule has 0 fully saturated rings. The highest BCUT2D eigenvalue weighted by Crippen LogP contribution is 2.14. The van der Waals surface area contributed by atoms with Crippen LogP contribution in [0.15, 0.2) is 54.6 Å². The fraction of sp³-hybridized carbons (Fsp3) is 0.316. The van der Waals surface area contributed by atoms with Crippen LogP contribution in [-0.2, 0) is 4.79 Å². The zero-order chi connectivity index (χ0) is 16.7. The van der Waals surface area contributed by atoms with Crippen molar-refractivity contribution in [1.82, 2.24) is 4.90 Å². The predicted octanol–water partition coefficient (Wildman–Crippen LogP) is 3.34. The summed E-state index contributed by atoms with van der Waals surface area (Å²) in [6.45, 7) is 3.03.